The zero-order valence-corrected chi connectivity index (χ0v) is 16.0. The summed E-state index contributed by atoms with van der Waals surface area (Å²) in [6.07, 6.45) is 5.11. The number of hydrogen-bond donors (Lipinski definition) is 2. The van der Waals surface area contributed by atoms with Gasteiger partial charge in [0.25, 0.3) is 5.91 Å². The Bertz CT molecular complexity index is 736. The third-order valence-corrected chi connectivity index (χ3v) is 5.45. The van der Waals surface area contributed by atoms with E-state index in [0.717, 1.165) is 30.2 Å². The van der Waals surface area contributed by atoms with Gasteiger partial charge >= 0.3 is 0 Å². The number of amides is 4. The summed E-state index contributed by atoms with van der Waals surface area (Å²) in [7, 11) is 1.71. The number of hydrogen-bond acceptors (Lipinski definition) is 4. The van der Waals surface area contributed by atoms with E-state index >= 15 is 0 Å². The zero-order chi connectivity index (χ0) is 18.8. The summed E-state index contributed by atoms with van der Waals surface area (Å²) in [4.78, 5) is 49.9. The molecule has 0 bridgehead atoms. The van der Waals surface area contributed by atoms with Gasteiger partial charge in [-0.1, -0.05) is 12.8 Å². The lowest BCUT2D eigenvalue weighted by Gasteiger charge is -2.19. The Morgan fingerprint density at radius 3 is 2.31 bits per heavy atom. The molecule has 0 spiro atoms. The Kier molecular flexibility index (Phi) is 5.45. The molecule has 0 radical (unpaired) electrons. The van der Waals surface area contributed by atoms with Crippen molar-refractivity contribution in [3.05, 3.63) is 22.4 Å². The fourth-order valence-corrected chi connectivity index (χ4v) is 4.19. The van der Waals surface area contributed by atoms with Crippen molar-refractivity contribution in [1.82, 2.24) is 20.3 Å². The molecule has 3 rings (SSSR count). The van der Waals surface area contributed by atoms with Crippen molar-refractivity contribution < 1.29 is 19.2 Å². The Morgan fingerprint density at radius 2 is 1.77 bits per heavy atom. The van der Waals surface area contributed by atoms with Crippen LogP contribution in [0.2, 0.25) is 0 Å². The molecule has 2 heterocycles. The van der Waals surface area contributed by atoms with Gasteiger partial charge in [0.05, 0.1) is 11.8 Å². The van der Waals surface area contributed by atoms with Crippen molar-refractivity contribution in [3.63, 3.8) is 0 Å². The summed E-state index contributed by atoms with van der Waals surface area (Å²) < 4.78 is 2.37. The number of rotatable bonds is 4. The van der Waals surface area contributed by atoms with Gasteiger partial charge in [-0.15, -0.1) is 0 Å². The molecule has 9 heteroatoms. The summed E-state index contributed by atoms with van der Waals surface area (Å²) in [5.41, 5.74) is 5.03. The van der Waals surface area contributed by atoms with Crippen molar-refractivity contribution in [3.8, 4) is 0 Å². The molecular weight excluding hydrogens is 404 g/mol. The first-order valence-electron chi connectivity index (χ1n) is 8.64. The highest BCUT2D eigenvalue weighted by molar-refractivity contribution is 9.10. The standard InChI is InChI=1S/C17H21BrN4O4/c1-21-9-10(18)8-13(21)15(24)20-19-14(23)6-7-22-16(25)11-4-2-3-5-12(11)17(22)26/h8-9,11-12H,2-7H2,1H3,(H,19,23)(H,20,24)/t11-,12-/m1/s1. The normalized spacial score (nSPS) is 22.3. The highest BCUT2D eigenvalue weighted by atomic mass is 79.9. The molecule has 2 aliphatic rings. The molecule has 2 N–H and O–H groups in total. The van der Waals surface area contributed by atoms with E-state index in [1.54, 1.807) is 23.9 Å². The van der Waals surface area contributed by atoms with E-state index in [0.29, 0.717) is 5.69 Å². The van der Waals surface area contributed by atoms with E-state index in [1.807, 2.05) is 0 Å². The molecule has 1 saturated heterocycles. The molecule has 26 heavy (non-hydrogen) atoms. The average Bonchev–Trinajstić information content (AvgIpc) is 3.08. The van der Waals surface area contributed by atoms with Gasteiger partial charge in [0.15, 0.2) is 0 Å². The van der Waals surface area contributed by atoms with Gasteiger partial charge in [0, 0.05) is 30.7 Å². The number of aromatic nitrogens is 1. The first kappa shape index (κ1) is 18.6. The maximum Gasteiger partial charge on any atom is 0.286 e. The molecule has 2 fully saturated rings. The Balaban J connectivity index is 1.48. The lowest BCUT2D eigenvalue weighted by atomic mass is 9.81. The predicted octanol–water partition coefficient (Wildman–Crippen LogP) is 1.11. The van der Waals surface area contributed by atoms with Gasteiger partial charge in [-0.05, 0) is 34.8 Å². The Labute approximate surface area is 159 Å². The van der Waals surface area contributed by atoms with Gasteiger partial charge in [0.1, 0.15) is 5.69 Å². The van der Waals surface area contributed by atoms with Crippen LogP contribution in [0, 0.1) is 11.8 Å². The number of likely N-dealkylation sites (tertiary alicyclic amines) is 1. The van der Waals surface area contributed by atoms with Gasteiger partial charge in [-0.3, -0.25) is 34.9 Å². The van der Waals surface area contributed by atoms with Gasteiger partial charge < -0.3 is 4.57 Å². The Morgan fingerprint density at radius 1 is 1.15 bits per heavy atom. The minimum absolute atomic E-state index is 0.0437. The molecule has 0 unspecified atom stereocenters. The van der Waals surface area contributed by atoms with Crippen LogP contribution in [0.25, 0.3) is 0 Å². The number of hydrazine groups is 1. The van der Waals surface area contributed by atoms with Crippen molar-refractivity contribution in [2.75, 3.05) is 6.54 Å². The van der Waals surface area contributed by atoms with E-state index in [2.05, 4.69) is 26.8 Å². The van der Waals surface area contributed by atoms with Crippen molar-refractivity contribution in [2.24, 2.45) is 18.9 Å². The summed E-state index contributed by atoms with van der Waals surface area (Å²) in [6, 6.07) is 1.63. The minimum Gasteiger partial charge on any atom is -0.345 e. The minimum atomic E-state index is -0.456. The van der Waals surface area contributed by atoms with Crippen LogP contribution in [-0.2, 0) is 21.4 Å². The lowest BCUT2D eigenvalue weighted by molar-refractivity contribution is -0.140. The molecule has 1 aromatic rings. The molecule has 1 saturated carbocycles. The Hall–Kier alpha value is -2.16. The van der Waals surface area contributed by atoms with Crippen LogP contribution < -0.4 is 10.9 Å². The van der Waals surface area contributed by atoms with Gasteiger partial charge in [-0.2, -0.15) is 0 Å². The lowest BCUT2D eigenvalue weighted by Crippen LogP contribution is -2.44. The average molecular weight is 425 g/mol. The molecule has 0 aromatic carbocycles. The monoisotopic (exact) mass is 424 g/mol. The third-order valence-electron chi connectivity index (χ3n) is 5.01. The number of imide groups is 1. The summed E-state index contributed by atoms with van der Waals surface area (Å²) in [5.74, 6) is -1.66. The molecule has 140 valence electrons. The highest BCUT2D eigenvalue weighted by Gasteiger charge is 2.47. The van der Waals surface area contributed by atoms with Crippen LogP contribution in [0.4, 0.5) is 0 Å². The van der Waals surface area contributed by atoms with Crippen molar-refractivity contribution in [1.29, 1.82) is 0 Å². The largest absolute Gasteiger partial charge is 0.345 e. The zero-order valence-electron chi connectivity index (χ0n) is 14.5. The van der Waals surface area contributed by atoms with Crippen LogP contribution in [0.5, 0.6) is 0 Å². The smallest absolute Gasteiger partial charge is 0.286 e. The van der Waals surface area contributed by atoms with Gasteiger partial charge in [-0.25, -0.2) is 0 Å². The van der Waals surface area contributed by atoms with Crippen LogP contribution >= 0.6 is 15.9 Å². The quantitative estimate of drug-likeness (QED) is 0.558. The van der Waals surface area contributed by atoms with E-state index in [4.69, 9.17) is 0 Å². The number of halogens is 1. The van der Waals surface area contributed by atoms with E-state index in [9.17, 15) is 19.2 Å². The highest BCUT2D eigenvalue weighted by Crippen LogP contribution is 2.37. The number of carbonyl (C=O) groups is 4. The third kappa shape index (κ3) is 3.67. The molecule has 1 aromatic heterocycles. The van der Waals surface area contributed by atoms with Crippen molar-refractivity contribution >= 4 is 39.6 Å². The second kappa shape index (κ2) is 7.61. The molecule has 8 nitrogen and oxygen atoms in total. The van der Waals surface area contributed by atoms with E-state index in [1.165, 1.54) is 4.90 Å². The fraction of sp³-hybridized carbons (Fsp3) is 0.529. The summed E-state index contributed by atoms with van der Waals surface area (Å²) in [6.45, 7) is 0.0437. The van der Waals surface area contributed by atoms with E-state index < -0.39 is 11.8 Å². The molecule has 1 aliphatic carbocycles. The molecule has 1 aliphatic heterocycles. The van der Waals surface area contributed by atoms with Crippen LogP contribution in [0.3, 0.4) is 0 Å². The molecular formula is C17H21BrN4O4. The maximum atomic E-state index is 12.4. The summed E-state index contributed by atoms with van der Waals surface area (Å²) >= 11 is 3.27. The topological polar surface area (TPSA) is 101 Å². The first-order chi connectivity index (χ1) is 12.4. The second-order valence-electron chi connectivity index (χ2n) is 6.73. The van der Waals surface area contributed by atoms with Crippen LogP contribution in [-0.4, -0.2) is 39.6 Å². The maximum absolute atomic E-state index is 12.4. The van der Waals surface area contributed by atoms with Crippen LogP contribution in [0.1, 0.15) is 42.6 Å². The number of nitrogens with one attached hydrogen (secondary N) is 2. The number of fused-ring (bicyclic) bond motifs is 1. The predicted molar refractivity (Wildman–Crippen MR) is 95.5 cm³/mol. The van der Waals surface area contributed by atoms with Crippen LogP contribution in [0.15, 0.2) is 16.7 Å². The first-order valence-corrected chi connectivity index (χ1v) is 9.44. The van der Waals surface area contributed by atoms with Crippen molar-refractivity contribution in [2.45, 2.75) is 32.1 Å². The number of carbonyl (C=O) groups excluding carboxylic acids is 4. The summed E-state index contributed by atoms with van der Waals surface area (Å²) in [5, 5.41) is 0. The molecule has 2 atom stereocenters. The molecule has 4 amide bonds. The number of aryl methyl sites for hydroxylation is 1. The fourth-order valence-electron chi connectivity index (χ4n) is 3.67. The number of nitrogens with zero attached hydrogens (tertiary/aromatic N) is 2. The van der Waals surface area contributed by atoms with E-state index in [-0.39, 0.29) is 36.6 Å². The second-order valence-corrected chi connectivity index (χ2v) is 7.65. The van der Waals surface area contributed by atoms with Gasteiger partial charge in [0.2, 0.25) is 17.7 Å². The SMILES string of the molecule is Cn1cc(Br)cc1C(=O)NNC(=O)CCN1C(=O)[C@@H]2CCCC[C@H]2C1=O.